The van der Waals surface area contributed by atoms with Gasteiger partial charge < -0.3 is 15.8 Å². The molecule has 0 aliphatic heterocycles. The first-order chi connectivity index (χ1) is 12.5. The van der Waals surface area contributed by atoms with Crippen LogP contribution in [0.5, 0.6) is 0 Å². The third-order valence-corrected chi connectivity index (χ3v) is 6.20. The van der Waals surface area contributed by atoms with Crippen molar-refractivity contribution in [1.29, 1.82) is 0 Å². The lowest BCUT2D eigenvalue weighted by molar-refractivity contribution is 0.0146. The Morgan fingerprint density at radius 3 is 2.42 bits per heavy atom. The molecular weight excluding hydrogens is 328 g/mol. The molecule has 3 fully saturated rings. The quantitative estimate of drug-likeness (QED) is 0.781. The third kappa shape index (κ3) is 4.17. The highest BCUT2D eigenvalue weighted by Gasteiger charge is 2.34. The summed E-state index contributed by atoms with van der Waals surface area (Å²) >= 11 is 0. The van der Waals surface area contributed by atoms with Crippen LogP contribution in [0.2, 0.25) is 0 Å². The summed E-state index contributed by atoms with van der Waals surface area (Å²) in [7, 11) is 0. The van der Waals surface area contributed by atoms with Crippen LogP contribution < -0.4 is 11.1 Å². The van der Waals surface area contributed by atoms with Crippen LogP contribution in [0.4, 0.5) is 5.95 Å². The number of nitrogens with two attached hydrogens (primary N) is 1. The van der Waals surface area contributed by atoms with E-state index in [1.54, 1.807) is 6.20 Å². The van der Waals surface area contributed by atoms with E-state index in [9.17, 15) is 4.79 Å². The second-order valence-corrected chi connectivity index (χ2v) is 8.71. The Hall–Kier alpha value is -1.69. The van der Waals surface area contributed by atoms with E-state index in [0.717, 1.165) is 37.8 Å². The number of nitrogens with zero attached hydrogens (tertiary/aromatic N) is 2. The summed E-state index contributed by atoms with van der Waals surface area (Å²) in [6.07, 6.45) is 13.8. The number of amides is 1. The number of anilines is 1. The van der Waals surface area contributed by atoms with Crippen molar-refractivity contribution in [2.24, 2.45) is 11.1 Å². The van der Waals surface area contributed by atoms with Crippen molar-refractivity contribution in [2.75, 3.05) is 5.32 Å². The van der Waals surface area contributed by atoms with Crippen LogP contribution >= 0.6 is 0 Å². The normalized spacial score (nSPS) is 27.6. The zero-order valence-corrected chi connectivity index (χ0v) is 15.7. The summed E-state index contributed by atoms with van der Waals surface area (Å²) < 4.78 is 6.03. The predicted octanol–water partition coefficient (Wildman–Crippen LogP) is 3.21. The van der Waals surface area contributed by atoms with Crippen LogP contribution in [-0.4, -0.2) is 34.1 Å². The van der Waals surface area contributed by atoms with E-state index < -0.39 is 5.91 Å². The van der Waals surface area contributed by atoms with Crippen LogP contribution in [0.3, 0.4) is 0 Å². The Balaban J connectivity index is 1.39. The molecule has 1 heterocycles. The van der Waals surface area contributed by atoms with Gasteiger partial charge in [0.15, 0.2) is 0 Å². The minimum atomic E-state index is -0.438. The molecular formula is C20H30N4O2. The minimum absolute atomic E-state index is 0.244. The van der Waals surface area contributed by atoms with Crippen LogP contribution in [0.25, 0.3) is 0 Å². The molecule has 3 aliphatic rings. The summed E-state index contributed by atoms with van der Waals surface area (Å²) in [6.45, 7) is 2.26. The van der Waals surface area contributed by atoms with E-state index in [-0.39, 0.29) is 5.41 Å². The second kappa shape index (κ2) is 7.14. The Morgan fingerprint density at radius 1 is 1.23 bits per heavy atom. The average Bonchev–Trinajstić information content (AvgIpc) is 3.39. The molecule has 0 unspecified atom stereocenters. The fourth-order valence-electron chi connectivity index (χ4n) is 4.19. The zero-order chi connectivity index (χ0) is 18.1. The first-order valence-electron chi connectivity index (χ1n) is 10.1. The number of rotatable bonds is 7. The number of ether oxygens (including phenoxy) is 1. The molecule has 0 bridgehead atoms. The first-order valence-corrected chi connectivity index (χ1v) is 10.1. The van der Waals surface area contributed by atoms with Crippen molar-refractivity contribution in [2.45, 2.75) is 89.4 Å². The van der Waals surface area contributed by atoms with Gasteiger partial charge in [0.25, 0.3) is 5.91 Å². The molecule has 4 rings (SSSR count). The molecule has 1 aromatic rings. The highest BCUT2D eigenvalue weighted by molar-refractivity contribution is 5.93. The molecule has 6 heteroatoms. The molecule has 26 heavy (non-hydrogen) atoms. The van der Waals surface area contributed by atoms with E-state index in [0.29, 0.717) is 29.8 Å². The molecule has 0 aromatic carbocycles. The summed E-state index contributed by atoms with van der Waals surface area (Å²) in [5.41, 5.74) is 7.04. The number of aromatic nitrogens is 2. The van der Waals surface area contributed by atoms with Gasteiger partial charge in [0.1, 0.15) is 0 Å². The zero-order valence-electron chi connectivity index (χ0n) is 15.7. The fraction of sp³-hybridized carbons (Fsp3) is 0.750. The number of carbonyl (C=O) groups excluding carboxylic acids is 1. The number of nitrogens with one attached hydrogen (secondary N) is 1. The van der Waals surface area contributed by atoms with Gasteiger partial charge in [-0.05, 0) is 63.2 Å². The van der Waals surface area contributed by atoms with Crippen LogP contribution in [0, 0.1) is 5.41 Å². The van der Waals surface area contributed by atoms with Gasteiger partial charge in [-0.3, -0.25) is 4.79 Å². The maximum Gasteiger partial charge on any atom is 0.252 e. The van der Waals surface area contributed by atoms with Gasteiger partial charge in [0.2, 0.25) is 5.95 Å². The number of hydrogen-bond acceptors (Lipinski definition) is 5. The Bertz CT molecular complexity index is 662. The first kappa shape index (κ1) is 17.7. The minimum Gasteiger partial charge on any atom is -0.375 e. The molecule has 3 saturated carbocycles. The highest BCUT2D eigenvalue weighted by atomic mass is 16.5. The highest BCUT2D eigenvalue weighted by Crippen LogP contribution is 2.43. The van der Waals surface area contributed by atoms with E-state index >= 15 is 0 Å². The standard InChI is InChI=1S/C20H30N4O2/c1-20(9-2-10-20)11-17-16(18(21)25)12-22-19(24-17)23-13-3-5-14(6-4-13)26-15-7-8-15/h12-15H,2-11H2,1H3,(H2,21,25)(H,22,23,24). The molecule has 3 aliphatic carbocycles. The molecule has 6 nitrogen and oxygen atoms in total. The van der Waals surface area contributed by atoms with Gasteiger partial charge in [-0.25, -0.2) is 9.97 Å². The predicted molar refractivity (Wildman–Crippen MR) is 100.0 cm³/mol. The Labute approximate surface area is 155 Å². The van der Waals surface area contributed by atoms with Gasteiger partial charge in [-0.15, -0.1) is 0 Å². The number of hydrogen-bond donors (Lipinski definition) is 2. The topological polar surface area (TPSA) is 90.1 Å². The lowest BCUT2D eigenvalue weighted by Crippen LogP contribution is -2.32. The van der Waals surface area contributed by atoms with Crippen LogP contribution in [0.1, 0.15) is 80.8 Å². The van der Waals surface area contributed by atoms with Crippen molar-refractivity contribution in [3.8, 4) is 0 Å². The van der Waals surface area contributed by atoms with E-state index in [1.807, 2.05) is 0 Å². The molecule has 1 amide bonds. The molecule has 0 saturated heterocycles. The lowest BCUT2D eigenvalue weighted by atomic mass is 9.67. The smallest absolute Gasteiger partial charge is 0.252 e. The SMILES string of the molecule is CC1(Cc2nc(NC3CCC(OC4CC4)CC3)ncc2C(N)=O)CCC1. The van der Waals surface area contributed by atoms with Crippen LogP contribution in [-0.2, 0) is 11.2 Å². The second-order valence-electron chi connectivity index (χ2n) is 8.71. The van der Waals surface area contributed by atoms with Crippen LogP contribution in [0.15, 0.2) is 6.20 Å². The number of carbonyl (C=O) groups is 1. The lowest BCUT2D eigenvalue weighted by Gasteiger charge is -2.38. The summed E-state index contributed by atoms with van der Waals surface area (Å²) in [4.78, 5) is 20.8. The monoisotopic (exact) mass is 358 g/mol. The van der Waals surface area contributed by atoms with Gasteiger partial charge in [0.05, 0.1) is 23.5 Å². The molecule has 0 atom stereocenters. The molecule has 142 valence electrons. The maximum absolute atomic E-state index is 11.8. The number of primary amides is 1. The Morgan fingerprint density at radius 2 is 1.88 bits per heavy atom. The van der Waals surface area contributed by atoms with Gasteiger partial charge in [0, 0.05) is 12.2 Å². The van der Waals surface area contributed by atoms with E-state index in [2.05, 4.69) is 22.2 Å². The van der Waals surface area contributed by atoms with Crippen molar-refractivity contribution < 1.29 is 9.53 Å². The summed E-state index contributed by atoms with van der Waals surface area (Å²) in [5.74, 6) is 0.187. The van der Waals surface area contributed by atoms with E-state index in [1.165, 1.54) is 32.1 Å². The summed E-state index contributed by atoms with van der Waals surface area (Å²) in [6, 6.07) is 0.376. The van der Waals surface area contributed by atoms with Crippen molar-refractivity contribution >= 4 is 11.9 Å². The average molecular weight is 358 g/mol. The third-order valence-electron chi connectivity index (χ3n) is 6.20. The fourth-order valence-corrected chi connectivity index (χ4v) is 4.19. The Kier molecular flexibility index (Phi) is 4.86. The molecule has 3 N–H and O–H groups in total. The molecule has 0 radical (unpaired) electrons. The van der Waals surface area contributed by atoms with Gasteiger partial charge in [-0.2, -0.15) is 0 Å². The van der Waals surface area contributed by atoms with E-state index in [4.69, 9.17) is 10.5 Å². The van der Waals surface area contributed by atoms with Crippen molar-refractivity contribution in [3.05, 3.63) is 17.5 Å². The molecule has 0 spiro atoms. The molecule has 1 aromatic heterocycles. The van der Waals surface area contributed by atoms with Crippen molar-refractivity contribution in [1.82, 2.24) is 9.97 Å². The van der Waals surface area contributed by atoms with Crippen molar-refractivity contribution in [3.63, 3.8) is 0 Å². The van der Waals surface area contributed by atoms with Gasteiger partial charge in [-0.1, -0.05) is 13.3 Å². The van der Waals surface area contributed by atoms with Gasteiger partial charge >= 0.3 is 0 Å². The summed E-state index contributed by atoms with van der Waals surface area (Å²) in [5, 5.41) is 3.47. The maximum atomic E-state index is 11.8. The largest absolute Gasteiger partial charge is 0.375 e.